The molecular weight excluding hydrogens is 559 g/mol. The Hall–Kier alpha value is -1.23. The highest BCUT2D eigenvalue weighted by atomic mass is 28.4. The predicted molar refractivity (Wildman–Crippen MR) is 167 cm³/mol. The fourth-order valence-electron chi connectivity index (χ4n) is 3.85. The van der Waals surface area contributed by atoms with Gasteiger partial charge in [-0.25, -0.2) is 10.1 Å². The largest absolute Gasteiger partial charge is 0.414 e. The van der Waals surface area contributed by atoms with Crippen LogP contribution in [0.15, 0.2) is 11.1 Å². The van der Waals surface area contributed by atoms with Gasteiger partial charge in [-0.1, -0.05) is 67.5 Å². The molecule has 2 aromatic heterocycles. The first-order valence-corrected chi connectivity index (χ1v) is 23.0. The molecule has 228 valence electrons. The van der Waals surface area contributed by atoms with E-state index < -0.39 is 42.8 Å². The summed E-state index contributed by atoms with van der Waals surface area (Å²) in [6, 6.07) is 0. The Morgan fingerprint density at radius 1 is 0.850 bits per heavy atom. The maximum Gasteiger partial charge on any atom is 0.295 e. The van der Waals surface area contributed by atoms with Crippen LogP contribution in [-0.2, 0) is 18.0 Å². The quantitative estimate of drug-likeness (QED) is 0.350. The molecule has 1 N–H and O–H groups in total. The van der Waals surface area contributed by atoms with E-state index in [0.29, 0.717) is 12.3 Å². The van der Waals surface area contributed by atoms with E-state index in [1.54, 1.807) is 10.9 Å². The molecule has 0 saturated carbocycles. The van der Waals surface area contributed by atoms with Gasteiger partial charge in [-0.2, -0.15) is 0 Å². The molecule has 3 rings (SSSR count). The lowest BCUT2D eigenvalue weighted by Crippen LogP contribution is -2.54. The number of imidazole rings is 1. The van der Waals surface area contributed by atoms with Gasteiger partial charge < -0.3 is 18.0 Å². The van der Waals surface area contributed by atoms with Crippen LogP contribution in [0.25, 0.3) is 11.2 Å². The minimum absolute atomic E-state index is 0.0160. The highest BCUT2D eigenvalue weighted by Gasteiger charge is 2.55. The second-order valence-electron chi connectivity index (χ2n) is 15.8. The summed E-state index contributed by atoms with van der Waals surface area (Å²) in [4.78, 5) is 16.8. The van der Waals surface area contributed by atoms with Crippen LogP contribution < -0.4 is 5.56 Å². The van der Waals surface area contributed by atoms with Crippen LogP contribution in [-0.4, -0.2) is 74.8 Å². The van der Waals surface area contributed by atoms with Crippen molar-refractivity contribution in [3.05, 3.63) is 16.7 Å². The fourth-order valence-corrected chi connectivity index (χ4v) is 7.46. The number of H-pyrrole nitrogens is 1. The summed E-state index contributed by atoms with van der Waals surface area (Å²) in [6.45, 7) is 34.0. The first kappa shape index (κ1) is 33.3. The van der Waals surface area contributed by atoms with Gasteiger partial charge in [0.1, 0.15) is 18.3 Å². The van der Waals surface area contributed by atoms with Crippen LogP contribution in [0.3, 0.4) is 0 Å². The van der Waals surface area contributed by atoms with E-state index in [-0.39, 0.29) is 32.8 Å². The summed E-state index contributed by atoms with van der Waals surface area (Å²) in [5, 5.41) is 10.4. The number of rotatable bonds is 8. The van der Waals surface area contributed by atoms with E-state index in [2.05, 4.69) is 122 Å². The van der Waals surface area contributed by atoms with Gasteiger partial charge in [0, 0.05) is 0 Å². The number of aromatic amines is 1. The van der Waals surface area contributed by atoms with E-state index in [0.717, 1.165) is 0 Å². The average molecular weight is 612 g/mol. The summed E-state index contributed by atoms with van der Waals surface area (Å²) in [6.07, 6.45) is -0.228. The molecule has 4 atom stereocenters. The Balaban J connectivity index is 2.15. The SMILES string of the molecule is CC(C)(C)[Si](C)(C)OC[C@H]1O[C@@H](n2cnc3c(=O)[nH]nnc32)[C@H](O[Si](C)(C)C(C)(C)C)[C@@H]1O[Si](C)(C)C(C)(C)C. The van der Waals surface area contributed by atoms with Crippen LogP contribution in [0, 0.1) is 0 Å². The molecule has 3 heterocycles. The van der Waals surface area contributed by atoms with Crippen molar-refractivity contribution in [1.82, 2.24) is 25.0 Å². The summed E-state index contributed by atoms with van der Waals surface area (Å²) in [5.41, 5.74) is 0.178. The Morgan fingerprint density at radius 2 is 1.35 bits per heavy atom. The standard InChI is InChI=1S/C27H53N5O5Si3/c1-25(2,3)38(10,11)34-16-18-20(36-39(12,13)26(4,5)6)21(37-40(14,15)27(7,8)9)24(35-18)32-17-28-19-22(32)29-31-30-23(19)33/h17-18,20-21,24H,16H2,1-15H3,(H,29,30,33)/t18-,20-,21-,24-/m1/s1. The molecule has 0 unspecified atom stereocenters. The Kier molecular flexibility index (Phi) is 8.98. The molecular formula is C27H53N5O5Si3. The van der Waals surface area contributed by atoms with Crippen molar-refractivity contribution >= 4 is 36.1 Å². The van der Waals surface area contributed by atoms with Gasteiger partial charge >= 0.3 is 0 Å². The molecule has 10 nitrogen and oxygen atoms in total. The van der Waals surface area contributed by atoms with E-state index >= 15 is 0 Å². The molecule has 13 heteroatoms. The average Bonchev–Trinajstić information content (AvgIpc) is 3.32. The van der Waals surface area contributed by atoms with Gasteiger partial charge in [-0.3, -0.25) is 9.36 Å². The number of fused-ring (bicyclic) bond motifs is 1. The molecule has 1 fully saturated rings. The van der Waals surface area contributed by atoms with Crippen LogP contribution in [0.5, 0.6) is 0 Å². The maximum atomic E-state index is 12.4. The van der Waals surface area contributed by atoms with Crippen LogP contribution >= 0.6 is 0 Å². The first-order valence-electron chi connectivity index (χ1n) is 14.3. The number of ether oxygens (including phenoxy) is 1. The number of hydrogen-bond donors (Lipinski definition) is 1. The van der Waals surface area contributed by atoms with Crippen molar-refractivity contribution in [2.24, 2.45) is 0 Å². The number of aromatic nitrogens is 5. The fraction of sp³-hybridized carbons (Fsp3) is 0.852. The van der Waals surface area contributed by atoms with Gasteiger partial charge in [0.2, 0.25) is 0 Å². The zero-order chi connectivity index (χ0) is 30.7. The highest BCUT2D eigenvalue weighted by molar-refractivity contribution is 6.75. The third kappa shape index (κ3) is 6.55. The molecule has 0 amide bonds. The minimum Gasteiger partial charge on any atom is -0.414 e. The lowest BCUT2D eigenvalue weighted by Gasteiger charge is -2.44. The molecule has 0 aromatic carbocycles. The molecule has 0 bridgehead atoms. The van der Waals surface area contributed by atoms with Gasteiger partial charge in [0.25, 0.3) is 5.56 Å². The number of hydrogen-bond acceptors (Lipinski definition) is 8. The smallest absolute Gasteiger partial charge is 0.295 e. The van der Waals surface area contributed by atoms with Crippen molar-refractivity contribution in [3.8, 4) is 0 Å². The van der Waals surface area contributed by atoms with Crippen molar-refractivity contribution in [1.29, 1.82) is 0 Å². The monoisotopic (exact) mass is 611 g/mol. The Morgan fingerprint density at radius 3 is 1.85 bits per heavy atom. The summed E-state index contributed by atoms with van der Waals surface area (Å²) < 4.78 is 29.7. The third-order valence-electron chi connectivity index (χ3n) is 9.73. The second kappa shape index (κ2) is 10.8. The normalized spacial score (nSPS) is 23.8. The van der Waals surface area contributed by atoms with Crippen molar-refractivity contribution in [3.63, 3.8) is 0 Å². The van der Waals surface area contributed by atoms with Crippen molar-refractivity contribution < 1.29 is 18.0 Å². The van der Waals surface area contributed by atoms with E-state index in [1.165, 1.54) is 0 Å². The van der Waals surface area contributed by atoms with Crippen molar-refractivity contribution in [2.45, 2.75) is 141 Å². The first-order chi connectivity index (χ1) is 17.9. The maximum absolute atomic E-state index is 12.4. The van der Waals surface area contributed by atoms with E-state index in [1.807, 2.05) is 0 Å². The molecule has 1 aliphatic rings. The van der Waals surface area contributed by atoms with Gasteiger partial charge in [-0.05, 0) is 54.4 Å². The van der Waals surface area contributed by atoms with Gasteiger partial charge in [0.05, 0.1) is 12.9 Å². The lowest BCUT2D eigenvalue weighted by molar-refractivity contribution is -0.0471. The molecule has 0 aliphatic carbocycles. The third-order valence-corrected chi connectivity index (χ3v) is 23.2. The molecule has 2 aromatic rings. The van der Waals surface area contributed by atoms with E-state index in [4.69, 9.17) is 18.0 Å². The van der Waals surface area contributed by atoms with E-state index in [9.17, 15) is 4.79 Å². The van der Waals surface area contributed by atoms with Gasteiger partial charge in [-0.15, -0.1) is 5.10 Å². The number of nitrogens with zero attached hydrogens (tertiary/aromatic N) is 4. The van der Waals surface area contributed by atoms with Gasteiger partial charge in [0.15, 0.2) is 42.3 Å². The minimum atomic E-state index is -2.30. The molecule has 40 heavy (non-hydrogen) atoms. The summed E-state index contributed by atoms with van der Waals surface area (Å²) in [7, 11) is -6.64. The molecule has 1 aliphatic heterocycles. The molecule has 0 spiro atoms. The Bertz CT molecular complexity index is 1240. The van der Waals surface area contributed by atoms with Crippen LogP contribution in [0.4, 0.5) is 0 Å². The summed E-state index contributed by atoms with van der Waals surface area (Å²) >= 11 is 0. The van der Waals surface area contributed by atoms with Crippen LogP contribution in [0.1, 0.15) is 68.5 Å². The molecule has 1 saturated heterocycles. The zero-order valence-electron chi connectivity index (χ0n) is 27.4. The summed E-state index contributed by atoms with van der Waals surface area (Å²) in [5.74, 6) is 0. The van der Waals surface area contributed by atoms with Crippen LogP contribution in [0.2, 0.25) is 54.4 Å². The van der Waals surface area contributed by atoms with Crippen molar-refractivity contribution in [2.75, 3.05) is 6.61 Å². The topological polar surface area (TPSA) is 113 Å². The number of nitrogens with one attached hydrogen (secondary N) is 1. The molecule has 0 radical (unpaired) electrons. The predicted octanol–water partition coefficient (Wildman–Crippen LogP) is 6.21. The zero-order valence-corrected chi connectivity index (χ0v) is 30.4. The highest BCUT2D eigenvalue weighted by Crippen LogP contribution is 2.46. The Labute approximate surface area is 243 Å². The lowest BCUT2D eigenvalue weighted by atomic mass is 10.1. The second-order valence-corrected chi connectivity index (χ2v) is 30.1.